The summed E-state index contributed by atoms with van der Waals surface area (Å²) < 4.78 is 0. The fraction of sp³-hybridized carbons (Fsp3) is 0.455. The Hall–Kier alpha value is -0.590. The molecule has 0 heterocycles. The molecule has 0 bridgehead atoms. The van der Waals surface area contributed by atoms with Gasteiger partial charge in [0.1, 0.15) is 0 Å². The topological polar surface area (TPSA) is 6.48 Å². The lowest BCUT2D eigenvalue weighted by Crippen LogP contribution is -2.30. The predicted molar refractivity (Wildman–Crippen MR) is 66.9 cm³/mol. The molecule has 0 aliphatic heterocycles. The fourth-order valence-electron chi connectivity index (χ4n) is 1.29. The van der Waals surface area contributed by atoms with Crippen molar-refractivity contribution in [1.29, 1.82) is 0 Å². The molecule has 3 heteroatoms. The maximum atomic E-state index is 2.78. The van der Waals surface area contributed by atoms with Crippen LogP contribution in [0.3, 0.4) is 0 Å². The predicted octanol–water partition coefficient (Wildman–Crippen LogP) is 1.89. The van der Waals surface area contributed by atoms with Crippen LogP contribution in [0, 0.1) is 0 Å². The zero-order valence-electron chi connectivity index (χ0n) is 8.98. The van der Waals surface area contributed by atoms with Crippen molar-refractivity contribution in [3.05, 3.63) is 30.3 Å². The molecule has 78 valence electrons. The van der Waals surface area contributed by atoms with Crippen LogP contribution in [0.4, 0.5) is 5.69 Å². The van der Waals surface area contributed by atoms with E-state index in [-0.39, 0.29) is 0 Å². The van der Waals surface area contributed by atoms with Crippen molar-refractivity contribution in [2.24, 2.45) is 0 Å². The molecule has 1 rings (SSSR count). The number of anilines is 1. The van der Waals surface area contributed by atoms with Crippen molar-refractivity contribution in [3.63, 3.8) is 0 Å². The van der Waals surface area contributed by atoms with Crippen LogP contribution >= 0.6 is 9.24 Å². The molecule has 2 nitrogen and oxygen atoms in total. The summed E-state index contributed by atoms with van der Waals surface area (Å²) in [5.74, 6) is 0. The smallest absolute Gasteiger partial charge is 0.0369 e. The van der Waals surface area contributed by atoms with Crippen molar-refractivity contribution < 1.29 is 0 Å². The average molecular weight is 210 g/mol. The number of hydrogen-bond acceptors (Lipinski definition) is 2. The van der Waals surface area contributed by atoms with Gasteiger partial charge >= 0.3 is 0 Å². The van der Waals surface area contributed by atoms with E-state index in [9.17, 15) is 0 Å². The molecule has 0 N–H and O–H groups in total. The largest absolute Gasteiger partial charge is 0.367 e. The Kier molecular flexibility index (Phi) is 4.92. The molecule has 1 aromatic carbocycles. The number of para-hydroxylation sites is 1. The molecular formula is C11H19N2P. The third-order valence-electron chi connectivity index (χ3n) is 2.16. The normalized spacial score (nSPS) is 10.6. The summed E-state index contributed by atoms with van der Waals surface area (Å²) in [6.07, 6.45) is 0.984. The molecule has 0 aliphatic rings. The lowest BCUT2D eigenvalue weighted by molar-refractivity contribution is 0.416. The van der Waals surface area contributed by atoms with Crippen LogP contribution < -0.4 is 4.90 Å². The minimum absolute atomic E-state index is 0.984. The van der Waals surface area contributed by atoms with Gasteiger partial charge in [-0.15, -0.1) is 9.24 Å². The lowest BCUT2D eigenvalue weighted by Gasteiger charge is -2.24. The summed E-state index contributed by atoms with van der Waals surface area (Å²) in [5.41, 5.74) is 1.30. The first-order valence-corrected chi connectivity index (χ1v) is 5.70. The van der Waals surface area contributed by atoms with Crippen molar-refractivity contribution in [3.8, 4) is 0 Å². The summed E-state index contributed by atoms with van der Waals surface area (Å²) in [4.78, 5) is 4.56. The molecule has 14 heavy (non-hydrogen) atoms. The van der Waals surface area contributed by atoms with E-state index in [1.807, 2.05) is 0 Å². The highest BCUT2D eigenvalue weighted by molar-refractivity contribution is 7.16. The Labute approximate surface area is 89.1 Å². The van der Waals surface area contributed by atoms with Crippen molar-refractivity contribution >= 4 is 14.9 Å². The molecule has 0 amide bonds. The van der Waals surface area contributed by atoms with E-state index < -0.39 is 0 Å². The summed E-state index contributed by atoms with van der Waals surface area (Å²) >= 11 is 0. The van der Waals surface area contributed by atoms with Crippen LogP contribution in [0.1, 0.15) is 0 Å². The van der Waals surface area contributed by atoms with Gasteiger partial charge in [-0.2, -0.15) is 0 Å². The van der Waals surface area contributed by atoms with Crippen LogP contribution in [0.2, 0.25) is 0 Å². The van der Waals surface area contributed by atoms with Gasteiger partial charge in [0, 0.05) is 25.1 Å². The van der Waals surface area contributed by atoms with Crippen LogP contribution in [-0.2, 0) is 0 Å². The second-order valence-corrected chi connectivity index (χ2v) is 3.95. The molecule has 1 unspecified atom stereocenters. The molecule has 1 aromatic rings. The number of benzene rings is 1. The summed E-state index contributed by atoms with van der Waals surface area (Å²) in [6, 6.07) is 10.5. The van der Waals surface area contributed by atoms with E-state index in [0.717, 1.165) is 19.4 Å². The molecule has 0 saturated heterocycles. The maximum absolute atomic E-state index is 2.78. The SMILES string of the molecule is CN(C)CCN(CP)c1ccccc1. The summed E-state index contributed by atoms with van der Waals surface area (Å²) in [5, 5.41) is 0. The van der Waals surface area contributed by atoms with Gasteiger partial charge in [-0.05, 0) is 26.2 Å². The monoisotopic (exact) mass is 210 g/mol. The Morgan fingerprint density at radius 1 is 1.07 bits per heavy atom. The van der Waals surface area contributed by atoms with Gasteiger partial charge in [0.2, 0.25) is 0 Å². The molecule has 1 atom stereocenters. The molecule has 0 fully saturated rings. The Morgan fingerprint density at radius 2 is 1.71 bits per heavy atom. The van der Waals surface area contributed by atoms with Crippen molar-refractivity contribution in [1.82, 2.24) is 4.90 Å². The van der Waals surface area contributed by atoms with Crippen molar-refractivity contribution in [2.45, 2.75) is 0 Å². The first kappa shape index (κ1) is 11.5. The van der Waals surface area contributed by atoms with Gasteiger partial charge in [0.05, 0.1) is 0 Å². The number of likely N-dealkylation sites (N-methyl/N-ethyl adjacent to an activating group) is 1. The third kappa shape index (κ3) is 3.65. The van der Waals surface area contributed by atoms with Gasteiger partial charge in [-0.3, -0.25) is 0 Å². The molecule has 0 saturated carbocycles. The maximum Gasteiger partial charge on any atom is 0.0369 e. The standard InChI is InChI=1S/C11H19N2P/c1-12(2)8-9-13(10-14)11-6-4-3-5-7-11/h3-7H,8-10,14H2,1-2H3. The summed E-state index contributed by atoms with van der Waals surface area (Å²) in [7, 11) is 6.99. The van der Waals surface area contributed by atoms with Crippen LogP contribution in [0.5, 0.6) is 0 Å². The minimum atomic E-state index is 0.984. The quantitative estimate of drug-likeness (QED) is 0.685. The second-order valence-electron chi connectivity index (χ2n) is 3.58. The van der Waals surface area contributed by atoms with E-state index in [1.165, 1.54) is 5.69 Å². The minimum Gasteiger partial charge on any atom is -0.367 e. The van der Waals surface area contributed by atoms with Gasteiger partial charge < -0.3 is 9.80 Å². The third-order valence-corrected chi connectivity index (χ3v) is 2.60. The lowest BCUT2D eigenvalue weighted by atomic mass is 10.3. The van der Waals surface area contributed by atoms with E-state index in [4.69, 9.17) is 0 Å². The molecule has 0 aliphatic carbocycles. The summed E-state index contributed by atoms with van der Waals surface area (Å²) in [6.45, 7) is 2.16. The Balaban J connectivity index is 2.54. The Bertz CT molecular complexity index is 249. The number of nitrogens with zero attached hydrogens (tertiary/aromatic N) is 2. The van der Waals surface area contributed by atoms with Crippen LogP contribution in [0.15, 0.2) is 30.3 Å². The highest BCUT2D eigenvalue weighted by atomic mass is 31.0. The highest BCUT2D eigenvalue weighted by Gasteiger charge is 2.02. The van der Waals surface area contributed by atoms with Gasteiger partial charge in [0.25, 0.3) is 0 Å². The van der Waals surface area contributed by atoms with Gasteiger partial charge in [0.15, 0.2) is 0 Å². The number of hydrogen-bond donors (Lipinski definition) is 0. The van der Waals surface area contributed by atoms with Crippen molar-refractivity contribution in [2.75, 3.05) is 38.4 Å². The second kappa shape index (κ2) is 6.00. The Morgan fingerprint density at radius 3 is 2.21 bits per heavy atom. The zero-order valence-corrected chi connectivity index (χ0v) is 10.1. The van der Waals surface area contributed by atoms with E-state index in [2.05, 4.69) is 63.5 Å². The van der Waals surface area contributed by atoms with E-state index >= 15 is 0 Å². The molecular weight excluding hydrogens is 191 g/mol. The highest BCUT2D eigenvalue weighted by Crippen LogP contribution is 2.13. The van der Waals surface area contributed by atoms with E-state index in [1.54, 1.807) is 0 Å². The first-order valence-electron chi connectivity index (χ1n) is 4.89. The van der Waals surface area contributed by atoms with Gasteiger partial charge in [-0.1, -0.05) is 18.2 Å². The van der Waals surface area contributed by atoms with Gasteiger partial charge in [-0.25, -0.2) is 0 Å². The fourth-order valence-corrected chi connectivity index (χ4v) is 1.68. The van der Waals surface area contributed by atoms with Crippen LogP contribution in [-0.4, -0.2) is 38.4 Å². The van der Waals surface area contributed by atoms with Crippen LogP contribution in [0.25, 0.3) is 0 Å². The molecule has 0 radical (unpaired) electrons. The molecule has 0 spiro atoms. The molecule has 0 aromatic heterocycles. The zero-order chi connectivity index (χ0) is 10.4. The number of rotatable bonds is 5. The van der Waals surface area contributed by atoms with E-state index in [0.29, 0.717) is 0 Å². The first-order chi connectivity index (χ1) is 6.74. The average Bonchev–Trinajstić information content (AvgIpc) is 2.20.